The summed E-state index contributed by atoms with van der Waals surface area (Å²) in [6, 6.07) is 1.17. The largest absolute Gasteiger partial charge is 0.324 e. The lowest BCUT2D eigenvalue weighted by Gasteiger charge is -2.36. The Morgan fingerprint density at radius 3 is 2.84 bits per heavy atom. The number of hydrogen-bond acceptors (Lipinski definition) is 3. The summed E-state index contributed by atoms with van der Waals surface area (Å²) in [6.45, 7) is 7.58. The van der Waals surface area contributed by atoms with Gasteiger partial charge in [-0.2, -0.15) is 0 Å². The Morgan fingerprint density at radius 2 is 2.05 bits per heavy atom. The van der Waals surface area contributed by atoms with E-state index in [0.717, 1.165) is 13.1 Å². The number of amides is 1. The summed E-state index contributed by atoms with van der Waals surface area (Å²) in [5, 5.41) is 3.42. The van der Waals surface area contributed by atoms with Gasteiger partial charge in [0.1, 0.15) is 0 Å². The molecule has 19 heavy (non-hydrogen) atoms. The lowest BCUT2D eigenvalue weighted by molar-refractivity contribution is -0.131. The minimum atomic E-state index is 0.0673. The second kappa shape index (κ2) is 5.41. The highest BCUT2D eigenvalue weighted by molar-refractivity contribution is 5.84. The maximum Gasteiger partial charge on any atom is 0.241 e. The van der Waals surface area contributed by atoms with E-state index in [4.69, 9.17) is 0 Å². The Bertz CT molecular complexity index is 344. The van der Waals surface area contributed by atoms with Gasteiger partial charge >= 0.3 is 0 Å². The average Bonchev–Trinajstić information content (AvgIpc) is 2.94. The molecule has 3 unspecified atom stereocenters. The molecule has 3 fully saturated rings. The third kappa shape index (κ3) is 2.52. The maximum absolute atomic E-state index is 12.5. The third-order valence-corrected chi connectivity index (χ3v) is 5.02. The fourth-order valence-electron chi connectivity index (χ4n) is 4.09. The van der Waals surface area contributed by atoms with Gasteiger partial charge in [0.15, 0.2) is 0 Å². The van der Waals surface area contributed by atoms with Crippen LogP contribution in [0.25, 0.3) is 0 Å². The molecule has 1 N–H and O–H groups in total. The van der Waals surface area contributed by atoms with E-state index in [1.807, 2.05) is 0 Å². The van der Waals surface area contributed by atoms with Gasteiger partial charge < -0.3 is 4.90 Å². The summed E-state index contributed by atoms with van der Waals surface area (Å²) in [4.78, 5) is 17.3. The van der Waals surface area contributed by atoms with Crippen molar-refractivity contribution in [3.63, 3.8) is 0 Å². The number of fused-ring (bicyclic) bond motifs is 1. The Morgan fingerprint density at radius 1 is 1.21 bits per heavy atom. The second-order valence-corrected chi connectivity index (χ2v) is 6.81. The van der Waals surface area contributed by atoms with Crippen LogP contribution in [0.5, 0.6) is 0 Å². The monoisotopic (exact) mass is 265 g/mol. The van der Waals surface area contributed by atoms with Crippen molar-refractivity contribution in [2.45, 2.75) is 64.1 Å². The first kappa shape index (κ1) is 13.4. The molecule has 4 heteroatoms. The lowest BCUT2D eigenvalue weighted by Crippen LogP contribution is -2.48. The molecular formula is C15H27N3O. The molecule has 0 aromatic carbocycles. The molecule has 108 valence electrons. The van der Waals surface area contributed by atoms with E-state index in [-0.39, 0.29) is 6.04 Å². The van der Waals surface area contributed by atoms with Crippen LogP contribution in [0, 0.1) is 5.92 Å². The molecule has 3 heterocycles. The summed E-state index contributed by atoms with van der Waals surface area (Å²) in [7, 11) is 0. The van der Waals surface area contributed by atoms with Crippen LogP contribution >= 0.6 is 0 Å². The van der Waals surface area contributed by atoms with Gasteiger partial charge in [0.05, 0.1) is 12.7 Å². The number of carbonyl (C=O) groups is 1. The molecule has 0 aromatic rings. The minimum Gasteiger partial charge on any atom is -0.324 e. The smallest absolute Gasteiger partial charge is 0.241 e. The lowest BCUT2D eigenvalue weighted by atomic mass is 9.97. The number of rotatable bonds is 3. The van der Waals surface area contributed by atoms with E-state index < -0.39 is 0 Å². The van der Waals surface area contributed by atoms with Crippen LogP contribution < -0.4 is 5.32 Å². The molecule has 3 saturated heterocycles. The highest BCUT2D eigenvalue weighted by Crippen LogP contribution is 2.31. The molecule has 3 atom stereocenters. The van der Waals surface area contributed by atoms with Gasteiger partial charge in [0, 0.05) is 18.6 Å². The predicted molar refractivity (Wildman–Crippen MR) is 75.7 cm³/mol. The summed E-state index contributed by atoms with van der Waals surface area (Å²) < 4.78 is 0. The molecule has 0 saturated carbocycles. The SMILES string of the molecule is CC(C)CC1NCN(C2CCN3CCCCC23)C1=O. The third-order valence-electron chi connectivity index (χ3n) is 5.02. The molecule has 1 amide bonds. The second-order valence-electron chi connectivity index (χ2n) is 6.81. The van der Waals surface area contributed by atoms with Crippen molar-refractivity contribution in [1.82, 2.24) is 15.1 Å². The van der Waals surface area contributed by atoms with Crippen molar-refractivity contribution in [1.29, 1.82) is 0 Å². The fourth-order valence-corrected chi connectivity index (χ4v) is 4.09. The number of hydrogen-bond donors (Lipinski definition) is 1. The van der Waals surface area contributed by atoms with Gasteiger partial charge in [-0.3, -0.25) is 15.0 Å². The molecule has 0 spiro atoms. The molecule has 0 radical (unpaired) electrons. The van der Waals surface area contributed by atoms with Gasteiger partial charge in [0.25, 0.3) is 0 Å². The highest BCUT2D eigenvalue weighted by atomic mass is 16.2. The van der Waals surface area contributed by atoms with Crippen LogP contribution in [0.1, 0.15) is 46.0 Å². The number of nitrogens with zero attached hydrogens (tertiary/aromatic N) is 2. The quantitative estimate of drug-likeness (QED) is 0.838. The summed E-state index contributed by atoms with van der Waals surface area (Å²) >= 11 is 0. The summed E-state index contributed by atoms with van der Waals surface area (Å²) in [5.74, 6) is 0.933. The van der Waals surface area contributed by atoms with Gasteiger partial charge in [-0.05, 0) is 38.1 Å². The molecular weight excluding hydrogens is 238 g/mol. The Labute approximate surface area is 116 Å². The van der Waals surface area contributed by atoms with Crippen LogP contribution in [-0.4, -0.2) is 53.6 Å². The van der Waals surface area contributed by atoms with E-state index in [9.17, 15) is 4.79 Å². The van der Waals surface area contributed by atoms with Crippen LogP contribution in [-0.2, 0) is 4.79 Å². The predicted octanol–water partition coefficient (Wildman–Crippen LogP) is 1.42. The maximum atomic E-state index is 12.5. The van der Waals surface area contributed by atoms with Crippen LogP contribution in [0.4, 0.5) is 0 Å². The van der Waals surface area contributed by atoms with E-state index in [2.05, 4.69) is 29.0 Å². The summed E-state index contributed by atoms with van der Waals surface area (Å²) in [6.07, 6.45) is 6.10. The van der Waals surface area contributed by atoms with E-state index in [0.29, 0.717) is 23.9 Å². The van der Waals surface area contributed by atoms with Gasteiger partial charge in [0.2, 0.25) is 5.91 Å². The van der Waals surface area contributed by atoms with E-state index in [1.54, 1.807) is 0 Å². The van der Waals surface area contributed by atoms with Gasteiger partial charge in [-0.1, -0.05) is 20.3 Å². The van der Waals surface area contributed by atoms with Crippen molar-refractivity contribution in [3.8, 4) is 0 Å². The normalized spacial score (nSPS) is 36.3. The zero-order valence-corrected chi connectivity index (χ0v) is 12.3. The molecule has 4 nitrogen and oxygen atoms in total. The average molecular weight is 265 g/mol. The van der Waals surface area contributed by atoms with Crippen molar-refractivity contribution < 1.29 is 4.79 Å². The van der Waals surface area contributed by atoms with Crippen molar-refractivity contribution >= 4 is 5.91 Å². The molecule has 3 rings (SSSR count). The minimum absolute atomic E-state index is 0.0673. The zero-order chi connectivity index (χ0) is 13.4. The fraction of sp³-hybridized carbons (Fsp3) is 0.933. The zero-order valence-electron chi connectivity index (χ0n) is 12.3. The number of carbonyl (C=O) groups excluding carboxylic acids is 1. The van der Waals surface area contributed by atoms with E-state index >= 15 is 0 Å². The molecule has 0 aliphatic carbocycles. The molecule has 0 aromatic heterocycles. The number of piperidine rings is 1. The van der Waals surface area contributed by atoms with E-state index in [1.165, 1.54) is 38.8 Å². The Balaban J connectivity index is 1.65. The van der Waals surface area contributed by atoms with Crippen molar-refractivity contribution in [2.75, 3.05) is 19.8 Å². The van der Waals surface area contributed by atoms with Crippen molar-refractivity contribution in [3.05, 3.63) is 0 Å². The standard InChI is InChI=1S/C15H27N3O/c1-11(2)9-12-15(19)18(10-16-12)14-6-8-17-7-4-3-5-13(14)17/h11-14,16H,3-10H2,1-2H3. The Hall–Kier alpha value is -0.610. The first-order valence-electron chi connectivity index (χ1n) is 7.94. The van der Waals surface area contributed by atoms with Crippen LogP contribution in [0.3, 0.4) is 0 Å². The summed E-state index contributed by atoms with van der Waals surface area (Å²) in [5.41, 5.74) is 0. The van der Waals surface area contributed by atoms with Crippen molar-refractivity contribution in [2.24, 2.45) is 5.92 Å². The first-order valence-corrected chi connectivity index (χ1v) is 7.94. The molecule has 0 bridgehead atoms. The topological polar surface area (TPSA) is 35.6 Å². The van der Waals surface area contributed by atoms with Crippen LogP contribution in [0.2, 0.25) is 0 Å². The first-order chi connectivity index (χ1) is 9.16. The Kier molecular flexibility index (Phi) is 3.81. The molecule has 3 aliphatic rings. The highest BCUT2D eigenvalue weighted by Gasteiger charge is 2.44. The van der Waals surface area contributed by atoms with Crippen LogP contribution in [0.15, 0.2) is 0 Å². The van der Waals surface area contributed by atoms with Gasteiger partial charge in [-0.25, -0.2) is 0 Å². The van der Waals surface area contributed by atoms with Gasteiger partial charge in [-0.15, -0.1) is 0 Å². The molecule has 3 aliphatic heterocycles. The number of nitrogens with one attached hydrogen (secondary N) is 1.